The number of ketones is 1. The van der Waals surface area contributed by atoms with Crippen LogP contribution in [0.15, 0.2) is 6.07 Å². The Kier molecular flexibility index (Phi) is 5.28. The number of ether oxygens (including phenoxy) is 1. The SMILES string of the molecule is Cc1cc(OCC(C)C)c(C(=O)C2CCCN2)c(C)c1Cl. The molecule has 1 aliphatic rings. The molecule has 0 spiro atoms. The number of halogens is 1. The molecule has 0 saturated carbocycles. The van der Waals surface area contributed by atoms with Crippen LogP contribution in [0.25, 0.3) is 0 Å². The van der Waals surface area contributed by atoms with Crippen LogP contribution in [0.3, 0.4) is 0 Å². The van der Waals surface area contributed by atoms with E-state index in [2.05, 4.69) is 19.2 Å². The van der Waals surface area contributed by atoms with E-state index < -0.39 is 0 Å². The lowest BCUT2D eigenvalue weighted by Crippen LogP contribution is -2.31. The Morgan fingerprint density at radius 1 is 1.48 bits per heavy atom. The van der Waals surface area contributed by atoms with E-state index in [-0.39, 0.29) is 11.8 Å². The smallest absolute Gasteiger partial charge is 0.183 e. The van der Waals surface area contributed by atoms with Crippen molar-refractivity contribution in [2.45, 2.75) is 46.6 Å². The summed E-state index contributed by atoms with van der Waals surface area (Å²) in [4.78, 5) is 12.8. The summed E-state index contributed by atoms with van der Waals surface area (Å²) >= 11 is 6.34. The fourth-order valence-electron chi connectivity index (χ4n) is 2.68. The van der Waals surface area contributed by atoms with Gasteiger partial charge in [0.25, 0.3) is 0 Å². The number of benzene rings is 1. The molecule has 1 saturated heterocycles. The molecule has 1 unspecified atom stereocenters. The lowest BCUT2D eigenvalue weighted by atomic mass is 9.95. The van der Waals surface area contributed by atoms with Gasteiger partial charge in [-0.15, -0.1) is 0 Å². The number of rotatable bonds is 5. The predicted octanol–water partition coefficient (Wildman–Crippen LogP) is 3.93. The molecule has 3 nitrogen and oxygen atoms in total. The van der Waals surface area contributed by atoms with E-state index in [0.717, 1.165) is 30.5 Å². The Hall–Kier alpha value is -1.06. The van der Waals surface area contributed by atoms with E-state index >= 15 is 0 Å². The summed E-state index contributed by atoms with van der Waals surface area (Å²) in [6, 6.07) is 1.78. The molecular weight excluding hydrogens is 286 g/mol. The third kappa shape index (κ3) is 3.58. The second-order valence-corrected chi connectivity index (χ2v) is 6.60. The Morgan fingerprint density at radius 2 is 2.19 bits per heavy atom. The van der Waals surface area contributed by atoms with Crippen molar-refractivity contribution in [3.8, 4) is 5.75 Å². The van der Waals surface area contributed by atoms with Gasteiger partial charge in [-0.05, 0) is 56.3 Å². The lowest BCUT2D eigenvalue weighted by molar-refractivity contribution is 0.0946. The highest BCUT2D eigenvalue weighted by molar-refractivity contribution is 6.32. The van der Waals surface area contributed by atoms with Crippen LogP contribution in [0, 0.1) is 19.8 Å². The van der Waals surface area contributed by atoms with E-state index in [4.69, 9.17) is 16.3 Å². The summed E-state index contributed by atoms with van der Waals surface area (Å²) in [5, 5.41) is 3.92. The van der Waals surface area contributed by atoms with Crippen molar-refractivity contribution in [2.24, 2.45) is 5.92 Å². The zero-order valence-electron chi connectivity index (χ0n) is 13.3. The lowest BCUT2D eigenvalue weighted by Gasteiger charge is -2.19. The Labute approximate surface area is 132 Å². The molecule has 1 fully saturated rings. The monoisotopic (exact) mass is 309 g/mol. The van der Waals surface area contributed by atoms with Gasteiger partial charge in [0, 0.05) is 5.02 Å². The predicted molar refractivity (Wildman–Crippen MR) is 86.6 cm³/mol. The number of carbonyl (C=O) groups excluding carboxylic acids is 1. The quantitative estimate of drug-likeness (QED) is 0.838. The third-order valence-corrected chi connectivity index (χ3v) is 4.42. The van der Waals surface area contributed by atoms with Gasteiger partial charge >= 0.3 is 0 Å². The molecule has 0 amide bonds. The van der Waals surface area contributed by atoms with Gasteiger partial charge in [-0.1, -0.05) is 25.4 Å². The third-order valence-electron chi connectivity index (χ3n) is 3.84. The van der Waals surface area contributed by atoms with Crippen LogP contribution >= 0.6 is 11.6 Å². The highest BCUT2D eigenvalue weighted by atomic mass is 35.5. The summed E-state index contributed by atoms with van der Waals surface area (Å²) in [6.07, 6.45) is 1.92. The number of aryl methyl sites for hydroxylation is 1. The molecule has 0 radical (unpaired) electrons. The number of hydrogen-bond donors (Lipinski definition) is 1. The van der Waals surface area contributed by atoms with Crippen LogP contribution in [0.5, 0.6) is 5.75 Å². The summed E-state index contributed by atoms with van der Waals surface area (Å²) < 4.78 is 5.89. The van der Waals surface area contributed by atoms with Crippen molar-refractivity contribution in [1.82, 2.24) is 5.32 Å². The largest absolute Gasteiger partial charge is 0.493 e. The van der Waals surface area contributed by atoms with Crippen LogP contribution in [0.2, 0.25) is 5.02 Å². The summed E-state index contributed by atoms with van der Waals surface area (Å²) in [5.41, 5.74) is 2.42. The maximum atomic E-state index is 12.8. The molecule has 1 atom stereocenters. The molecule has 2 rings (SSSR count). The van der Waals surface area contributed by atoms with Gasteiger partial charge in [-0.25, -0.2) is 0 Å². The second-order valence-electron chi connectivity index (χ2n) is 6.22. The van der Waals surface area contributed by atoms with Crippen LogP contribution in [0.4, 0.5) is 0 Å². The minimum absolute atomic E-state index is 0.102. The standard InChI is InChI=1S/C17H24ClNO2/c1-10(2)9-21-14-8-11(3)16(18)12(4)15(14)17(20)13-6-5-7-19-13/h8,10,13,19H,5-7,9H2,1-4H3. The maximum absolute atomic E-state index is 12.8. The van der Waals surface area contributed by atoms with Crippen molar-refractivity contribution in [3.05, 3.63) is 27.8 Å². The van der Waals surface area contributed by atoms with Gasteiger partial charge in [0.2, 0.25) is 0 Å². The zero-order valence-corrected chi connectivity index (χ0v) is 14.0. The van der Waals surface area contributed by atoms with Gasteiger partial charge in [0.05, 0.1) is 18.2 Å². The molecule has 1 aromatic carbocycles. The van der Waals surface area contributed by atoms with Crippen LogP contribution in [-0.4, -0.2) is 25.0 Å². The van der Waals surface area contributed by atoms with Crippen molar-refractivity contribution < 1.29 is 9.53 Å². The van der Waals surface area contributed by atoms with Gasteiger partial charge in [-0.2, -0.15) is 0 Å². The summed E-state index contributed by atoms with van der Waals surface area (Å²) in [5.74, 6) is 1.18. The fraction of sp³-hybridized carbons (Fsp3) is 0.588. The van der Waals surface area contributed by atoms with E-state index in [1.54, 1.807) is 0 Å². The van der Waals surface area contributed by atoms with Crippen molar-refractivity contribution in [3.63, 3.8) is 0 Å². The molecule has 1 aliphatic heterocycles. The zero-order chi connectivity index (χ0) is 15.6. The molecule has 116 valence electrons. The molecule has 1 N–H and O–H groups in total. The van der Waals surface area contributed by atoms with Gasteiger partial charge in [-0.3, -0.25) is 4.79 Å². The first-order valence-corrected chi connectivity index (χ1v) is 7.99. The fourth-order valence-corrected chi connectivity index (χ4v) is 2.83. The first kappa shape index (κ1) is 16.3. The van der Waals surface area contributed by atoms with Crippen molar-refractivity contribution >= 4 is 17.4 Å². The highest BCUT2D eigenvalue weighted by Crippen LogP contribution is 2.33. The number of nitrogens with one attached hydrogen (secondary N) is 1. The number of carbonyl (C=O) groups is 1. The first-order valence-electron chi connectivity index (χ1n) is 7.62. The Balaban J connectivity index is 2.40. The van der Waals surface area contributed by atoms with Crippen molar-refractivity contribution in [2.75, 3.05) is 13.2 Å². The molecule has 1 heterocycles. The number of Topliss-reactive ketones (excluding diaryl/α,β-unsaturated/α-hetero) is 1. The molecule has 0 aliphatic carbocycles. The highest BCUT2D eigenvalue weighted by Gasteiger charge is 2.28. The summed E-state index contributed by atoms with van der Waals surface area (Å²) in [6.45, 7) is 9.53. The average Bonchev–Trinajstić information content (AvgIpc) is 2.96. The maximum Gasteiger partial charge on any atom is 0.183 e. The minimum Gasteiger partial charge on any atom is -0.493 e. The van der Waals surface area contributed by atoms with E-state index in [1.165, 1.54) is 0 Å². The summed E-state index contributed by atoms with van der Waals surface area (Å²) in [7, 11) is 0. The van der Waals surface area contributed by atoms with E-state index in [1.807, 2.05) is 19.9 Å². The first-order chi connectivity index (χ1) is 9.91. The second kappa shape index (κ2) is 6.80. The van der Waals surface area contributed by atoms with Crippen LogP contribution in [-0.2, 0) is 0 Å². The molecule has 4 heteroatoms. The van der Waals surface area contributed by atoms with E-state index in [0.29, 0.717) is 28.9 Å². The molecule has 0 aromatic heterocycles. The normalized spacial score (nSPS) is 18.3. The van der Waals surface area contributed by atoms with Gasteiger partial charge in [0.1, 0.15) is 5.75 Å². The molecule has 21 heavy (non-hydrogen) atoms. The van der Waals surface area contributed by atoms with Crippen LogP contribution < -0.4 is 10.1 Å². The van der Waals surface area contributed by atoms with Crippen molar-refractivity contribution in [1.29, 1.82) is 0 Å². The Morgan fingerprint density at radius 3 is 2.76 bits per heavy atom. The van der Waals surface area contributed by atoms with Crippen LogP contribution in [0.1, 0.15) is 48.2 Å². The average molecular weight is 310 g/mol. The minimum atomic E-state index is -0.108. The van der Waals surface area contributed by atoms with E-state index in [9.17, 15) is 4.79 Å². The Bertz CT molecular complexity index is 534. The molecular formula is C17H24ClNO2. The topological polar surface area (TPSA) is 38.3 Å². The van der Waals surface area contributed by atoms with Gasteiger partial charge in [0.15, 0.2) is 5.78 Å². The number of hydrogen-bond acceptors (Lipinski definition) is 3. The van der Waals surface area contributed by atoms with Gasteiger partial charge < -0.3 is 10.1 Å². The molecule has 0 bridgehead atoms. The molecule has 1 aromatic rings.